The molecule has 0 atom stereocenters. The molecule has 0 fully saturated rings. The average Bonchev–Trinajstić information content (AvgIpc) is 2.95. The molecule has 2 aromatic rings. The van der Waals surface area contributed by atoms with E-state index in [1.807, 2.05) is 17.6 Å². The van der Waals surface area contributed by atoms with Gasteiger partial charge in [-0.25, -0.2) is 4.39 Å². The van der Waals surface area contributed by atoms with Gasteiger partial charge in [0.2, 0.25) is 0 Å². The van der Waals surface area contributed by atoms with Crippen LogP contribution in [0.3, 0.4) is 0 Å². The van der Waals surface area contributed by atoms with E-state index in [2.05, 4.69) is 25.8 Å². The second-order valence-electron chi connectivity index (χ2n) is 4.44. The highest BCUT2D eigenvalue weighted by Crippen LogP contribution is 2.02. The van der Waals surface area contributed by atoms with Crippen molar-refractivity contribution in [2.75, 3.05) is 7.05 Å². The summed E-state index contributed by atoms with van der Waals surface area (Å²) in [4.78, 5) is 4.12. The van der Waals surface area contributed by atoms with Crippen molar-refractivity contribution in [1.29, 1.82) is 0 Å². The van der Waals surface area contributed by atoms with E-state index in [1.54, 1.807) is 19.4 Å². The monoisotopic (exact) mass is 290 g/mol. The Morgan fingerprint density at radius 2 is 2.14 bits per heavy atom. The van der Waals surface area contributed by atoms with E-state index in [9.17, 15) is 4.39 Å². The molecule has 112 valence electrons. The maximum atomic E-state index is 13.1. The van der Waals surface area contributed by atoms with Crippen LogP contribution in [0.15, 0.2) is 35.6 Å². The van der Waals surface area contributed by atoms with Crippen LogP contribution in [0.25, 0.3) is 0 Å². The van der Waals surface area contributed by atoms with Crippen LogP contribution < -0.4 is 10.6 Å². The number of halogens is 1. The molecule has 0 spiro atoms. The number of benzene rings is 1. The number of nitrogens with one attached hydrogen (secondary N) is 2. The van der Waals surface area contributed by atoms with E-state index in [1.165, 1.54) is 12.1 Å². The first-order valence-corrected chi connectivity index (χ1v) is 6.78. The highest BCUT2D eigenvalue weighted by molar-refractivity contribution is 5.79. The third-order valence-electron chi connectivity index (χ3n) is 3.02. The van der Waals surface area contributed by atoms with Crippen molar-refractivity contribution in [2.45, 2.75) is 26.6 Å². The Labute approximate surface area is 123 Å². The Kier molecular flexibility index (Phi) is 5.25. The molecule has 0 unspecified atom stereocenters. The SMILES string of the molecule is CCn1cnnc1CNC(=NC)NCc1cccc(F)c1. The fraction of sp³-hybridized carbons (Fsp3) is 0.357. The molecule has 1 aromatic heterocycles. The Morgan fingerprint density at radius 1 is 1.33 bits per heavy atom. The second-order valence-corrected chi connectivity index (χ2v) is 4.44. The van der Waals surface area contributed by atoms with Gasteiger partial charge in [-0.2, -0.15) is 0 Å². The minimum atomic E-state index is -0.242. The van der Waals surface area contributed by atoms with Crippen molar-refractivity contribution in [1.82, 2.24) is 25.4 Å². The van der Waals surface area contributed by atoms with Crippen LogP contribution in [-0.4, -0.2) is 27.8 Å². The quantitative estimate of drug-likeness (QED) is 0.643. The lowest BCUT2D eigenvalue weighted by Gasteiger charge is -2.12. The highest BCUT2D eigenvalue weighted by atomic mass is 19.1. The highest BCUT2D eigenvalue weighted by Gasteiger charge is 2.04. The number of nitrogens with zero attached hydrogens (tertiary/aromatic N) is 4. The molecule has 2 rings (SSSR count). The van der Waals surface area contributed by atoms with Crippen LogP contribution in [0, 0.1) is 5.82 Å². The first-order valence-electron chi connectivity index (χ1n) is 6.78. The van der Waals surface area contributed by atoms with Crippen molar-refractivity contribution >= 4 is 5.96 Å². The first-order chi connectivity index (χ1) is 10.2. The molecular formula is C14H19FN6. The van der Waals surface area contributed by atoms with E-state index in [0.717, 1.165) is 17.9 Å². The van der Waals surface area contributed by atoms with Crippen LogP contribution in [0.2, 0.25) is 0 Å². The van der Waals surface area contributed by atoms with Gasteiger partial charge in [0.25, 0.3) is 0 Å². The summed E-state index contributed by atoms with van der Waals surface area (Å²) >= 11 is 0. The largest absolute Gasteiger partial charge is 0.352 e. The molecule has 0 aliphatic carbocycles. The molecule has 7 heteroatoms. The minimum absolute atomic E-state index is 0.242. The third-order valence-corrected chi connectivity index (χ3v) is 3.02. The van der Waals surface area contributed by atoms with Gasteiger partial charge in [0.1, 0.15) is 12.1 Å². The summed E-state index contributed by atoms with van der Waals surface area (Å²) in [7, 11) is 1.69. The van der Waals surface area contributed by atoms with Crippen LogP contribution in [0.4, 0.5) is 4.39 Å². The predicted octanol–water partition coefficient (Wildman–Crippen LogP) is 1.30. The molecule has 0 aliphatic heterocycles. The van der Waals surface area contributed by atoms with E-state index >= 15 is 0 Å². The number of aromatic nitrogens is 3. The molecule has 21 heavy (non-hydrogen) atoms. The molecule has 2 N–H and O–H groups in total. The van der Waals surface area contributed by atoms with Gasteiger partial charge < -0.3 is 15.2 Å². The lowest BCUT2D eigenvalue weighted by molar-refractivity contribution is 0.624. The zero-order valence-corrected chi connectivity index (χ0v) is 12.2. The van der Waals surface area contributed by atoms with Crippen molar-refractivity contribution < 1.29 is 4.39 Å². The number of aliphatic imine (C=N–C) groups is 1. The van der Waals surface area contributed by atoms with Gasteiger partial charge in [-0.3, -0.25) is 4.99 Å². The van der Waals surface area contributed by atoms with Gasteiger partial charge in [0.15, 0.2) is 11.8 Å². The van der Waals surface area contributed by atoms with Gasteiger partial charge >= 0.3 is 0 Å². The maximum Gasteiger partial charge on any atom is 0.191 e. The lowest BCUT2D eigenvalue weighted by Crippen LogP contribution is -2.37. The molecular weight excluding hydrogens is 271 g/mol. The van der Waals surface area contributed by atoms with Gasteiger partial charge in [-0.15, -0.1) is 10.2 Å². The number of hydrogen-bond donors (Lipinski definition) is 2. The smallest absolute Gasteiger partial charge is 0.191 e. The molecule has 0 saturated heterocycles. The van der Waals surface area contributed by atoms with Gasteiger partial charge in [0, 0.05) is 20.1 Å². The summed E-state index contributed by atoms with van der Waals surface area (Å²) in [6.07, 6.45) is 1.69. The summed E-state index contributed by atoms with van der Waals surface area (Å²) in [5.74, 6) is 1.23. The molecule has 1 aromatic carbocycles. The zero-order valence-electron chi connectivity index (χ0n) is 12.2. The number of hydrogen-bond acceptors (Lipinski definition) is 3. The standard InChI is InChI=1S/C14H19FN6/c1-3-21-10-19-20-13(21)9-18-14(16-2)17-8-11-5-4-6-12(15)7-11/h4-7,10H,3,8-9H2,1-2H3,(H2,16,17,18). The molecule has 0 radical (unpaired) electrons. The van der Waals surface area contributed by atoms with Gasteiger partial charge in [-0.05, 0) is 24.6 Å². The van der Waals surface area contributed by atoms with Crippen molar-refractivity contribution in [3.05, 3.63) is 47.8 Å². The maximum absolute atomic E-state index is 13.1. The second kappa shape index (κ2) is 7.37. The number of rotatable bonds is 5. The fourth-order valence-electron chi connectivity index (χ4n) is 1.90. The topological polar surface area (TPSA) is 67.1 Å². The van der Waals surface area contributed by atoms with Crippen LogP contribution in [-0.2, 0) is 19.6 Å². The molecule has 0 aliphatic rings. The van der Waals surface area contributed by atoms with Gasteiger partial charge in [0.05, 0.1) is 6.54 Å². The third kappa shape index (κ3) is 4.27. The summed E-state index contributed by atoms with van der Waals surface area (Å²) < 4.78 is 15.1. The van der Waals surface area contributed by atoms with E-state index in [-0.39, 0.29) is 5.82 Å². The summed E-state index contributed by atoms with van der Waals surface area (Å²) in [6, 6.07) is 6.46. The average molecular weight is 290 g/mol. The Balaban J connectivity index is 1.86. The molecule has 6 nitrogen and oxygen atoms in total. The van der Waals surface area contributed by atoms with Crippen molar-refractivity contribution in [3.8, 4) is 0 Å². The van der Waals surface area contributed by atoms with Crippen molar-refractivity contribution in [2.24, 2.45) is 4.99 Å². The normalized spacial score (nSPS) is 11.5. The van der Waals surface area contributed by atoms with Crippen molar-refractivity contribution in [3.63, 3.8) is 0 Å². The van der Waals surface area contributed by atoms with Crippen LogP contribution in [0.5, 0.6) is 0 Å². The lowest BCUT2D eigenvalue weighted by atomic mass is 10.2. The Bertz CT molecular complexity index is 607. The summed E-state index contributed by atoms with van der Waals surface area (Å²) in [5.41, 5.74) is 0.856. The predicted molar refractivity (Wildman–Crippen MR) is 79.1 cm³/mol. The summed E-state index contributed by atoms with van der Waals surface area (Å²) in [5, 5.41) is 14.2. The van der Waals surface area contributed by atoms with Crippen LogP contribution >= 0.6 is 0 Å². The number of guanidine groups is 1. The Morgan fingerprint density at radius 3 is 2.86 bits per heavy atom. The first kappa shape index (κ1) is 15.0. The summed E-state index contributed by atoms with van der Waals surface area (Å²) in [6.45, 7) is 3.87. The van der Waals surface area contributed by atoms with Crippen LogP contribution in [0.1, 0.15) is 18.3 Å². The van der Waals surface area contributed by atoms with E-state index in [4.69, 9.17) is 0 Å². The molecule has 1 heterocycles. The molecule has 0 saturated carbocycles. The van der Waals surface area contributed by atoms with E-state index < -0.39 is 0 Å². The van der Waals surface area contributed by atoms with Gasteiger partial charge in [-0.1, -0.05) is 12.1 Å². The Hall–Kier alpha value is -2.44. The molecule has 0 amide bonds. The van der Waals surface area contributed by atoms with E-state index in [0.29, 0.717) is 19.0 Å². The number of aryl methyl sites for hydroxylation is 1. The zero-order chi connectivity index (χ0) is 15.1. The fourth-order valence-corrected chi connectivity index (χ4v) is 1.90. The minimum Gasteiger partial charge on any atom is -0.352 e. The molecule has 0 bridgehead atoms.